The van der Waals surface area contributed by atoms with Gasteiger partial charge in [-0.25, -0.2) is 4.39 Å². The summed E-state index contributed by atoms with van der Waals surface area (Å²) in [5, 5.41) is 5.12. The number of hydrogen-bond acceptors (Lipinski definition) is 7. The fraction of sp³-hybridized carbons (Fsp3) is 0.386. The van der Waals surface area contributed by atoms with Gasteiger partial charge in [0.1, 0.15) is 11.6 Å². The van der Waals surface area contributed by atoms with Crippen molar-refractivity contribution in [3.8, 4) is 5.75 Å². The zero-order chi connectivity index (χ0) is 37.0. The average Bonchev–Trinajstić information content (AvgIpc) is 3.58. The summed E-state index contributed by atoms with van der Waals surface area (Å²) >= 11 is 0. The highest BCUT2D eigenvalue weighted by atomic mass is 19.1. The summed E-state index contributed by atoms with van der Waals surface area (Å²) in [6.45, 7) is 8.17. The number of benzene rings is 4. The quantitative estimate of drug-likeness (QED) is 0.228. The van der Waals surface area contributed by atoms with Crippen LogP contribution in [0.25, 0.3) is 0 Å². The lowest BCUT2D eigenvalue weighted by Gasteiger charge is -2.40. The maximum Gasteiger partial charge on any atom is 0.251 e. The molecule has 10 heteroatoms. The third-order valence-corrected chi connectivity index (χ3v) is 11.7. The van der Waals surface area contributed by atoms with Crippen LogP contribution in [0.2, 0.25) is 0 Å². The minimum Gasteiger partial charge on any atom is -0.493 e. The highest BCUT2D eigenvalue weighted by Crippen LogP contribution is 2.46. The number of carbonyl (C=O) groups is 3. The first-order chi connectivity index (χ1) is 26.4. The Morgan fingerprint density at radius 3 is 2.20 bits per heavy atom. The Kier molecular flexibility index (Phi) is 10.6. The molecule has 0 aliphatic carbocycles. The molecule has 9 nitrogen and oxygen atoms in total. The maximum absolute atomic E-state index is 15.9. The normalized spacial score (nSPS) is 21.6. The maximum atomic E-state index is 15.9. The van der Waals surface area contributed by atoms with Gasteiger partial charge in [0, 0.05) is 93.8 Å². The number of halogens is 1. The molecule has 2 N–H and O–H groups in total. The van der Waals surface area contributed by atoms with Crippen LogP contribution in [0, 0.1) is 11.7 Å². The second kappa shape index (κ2) is 16.0. The molecule has 0 bridgehead atoms. The van der Waals surface area contributed by atoms with E-state index in [4.69, 9.17) is 4.74 Å². The molecule has 4 aromatic carbocycles. The summed E-state index contributed by atoms with van der Waals surface area (Å²) in [4.78, 5) is 39.9. The summed E-state index contributed by atoms with van der Waals surface area (Å²) in [5.41, 5.74) is 7.20. The predicted molar refractivity (Wildman–Crippen MR) is 208 cm³/mol. The average molecular weight is 730 g/mol. The zero-order valence-corrected chi connectivity index (χ0v) is 30.6. The number of hydrogen-bond donors (Lipinski definition) is 2. The minimum absolute atomic E-state index is 0.0333. The van der Waals surface area contributed by atoms with Crippen LogP contribution in [-0.4, -0.2) is 75.0 Å². The predicted octanol–water partition coefficient (Wildman–Crippen LogP) is 6.23. The number of fused-ring (bicyclic) bond motifs is 2. The Hall–Kier alpha value is -5.22. The van der Waals surface area contributed by atoms with E-state index in [1.54, 1.807) is 6.07 Å². The molecule has 4 aromatic rings. The third kappa shape index (κ3) is 7.85. The van der Waals surface area contributed by atoms with Crippen molar-refractivity contribution in [3.63, 3.8) is 0 Å². The van der Waals surface area contributed by atoms with E-state index >= 15 is 4.39 Å². The van der Waals surface area contributed by atoms with Gasteiger partial charge in [-0.05, 0) is 78.3 Å². The topological polar surface area (TPSA) is 94.2 Å². The molecule has 3 fully saturated rings. The fourth-order valence-corrected chi connectivity index (χ4v) is 8.75. The van der Waals surface area contributed by atoms with Gasteiger partial charge in [-0.3, -0.25) is 24.6 Å². The molecule has 5 aliphatic rings. The molecule has 0 saturated carbocycles. The second-order valence-corrected chi connectivity index (χ2v) is 15.1. The molecular formula is C44H48FN5O4. The molecule has 0 spiro atoms. The van der Waals surface area contributed by atoms with Crippen LogP contribution in [0.15, 0.2) is 91.0 Å². The Morgan fingerprint density at radius 1 is 0.741 bits per heavy atom. The number of nitrogens with one attached hydrogen (secondary N) is 2. The molecule has 2 atom stereocenters. The number of piperidine rings is 2. The number of amides is 3. The van der Waals surface area contributed by atoms with E-state index < -0.39 is 0 Å². The smallest absolute Gasteiger partial charge is 0.251 e. The Labute approximate surface area is 316 Å². The summed E-state index contributed by atoms with van der Waals surface area (Å²) in [5.74, 6) is 1.31. The van der Waals surface area contributed by atoms with Crippen LogP contribution in [0.1, 0.15) is 76.6 Å². The molecular weight excluding hydrogens is 682 g/mol. The molecule has 0 radical (unpaired) electrons. The van der Waals surface area contributed by atoms with Gasteiger partial charge >= 0.3 is 0 Å². The summed E-state index contributed by atoms with van der Waals surface area (Å²) in [6, 6.07) is 30.8. The van der Waals surface area contributed by atoms with Crippen molar-refractivity contribution < 1.29 is 23.5 Å². The number of nitrogens with zero attached hydrogens (tertiary/aromatic N) is 3. The lowest BCUT2D eigenvalue weighted by Crippen LogP contribution is -2.49. The number of piperazine rings is 1. The van der Waals surface area contributed by atoms with E-state index in [1.807, 2.05) is 36.4 Å². The van der Waals surface area contributed by atoms with Crippen LogP contribution in [0.5, 0.6) is 5.75 Å². The number of imide groups is 1. The lowest BCUT2D eigenvalue weighted by atomic mass is 9.76. The fourth-order valence-electron chi connectivity index (χ4n) is 8.75. The number of carbonyl (C=O) groups excluding carboxylic acids is 3. The molecule has 0 aromatic heterocycles. The van der Waals surface area contributed by atoms with Gasteiger partial charge in [-0.1, -0.05) is 54.6 Å². The molecule has 0 unspecified atom stereocenters. The van der Waals surface area contributed by atoms with E-state index in [0.717, 1.165) is 92.3 Å². The molecule has 5 heterocycles. The van der Waals surface area contributed by atoms with Gasteiger partial charge in [0.25, 0.3) is 5.91 Å². The number of anilines is 2. The van der Waals surface area contributed by atoms with Crippen molar-refractivity contribution in [3.05, 3.63) is 125 Å². The Balaban J connectivity index is 0.000000461. The first kappa shape index (κ1) is 35.8. The molecule has 9 rings (SSSR count). The van der Waals surface area contributed by atoms with Crippen molar-refractivity contribution in [2.45, 2.75) is 50.5 Å². The zero-order valence-electron chi connectivity index (χ0n) is 30.6. The number of ether oxygens (including phenoxy) is 1. The summed E-state index contributed by atoms with van der Waals surface area (Å²) in [6.07, 6.45) is 3.88. The van der Waals surface area contributed by atoms with Crippen LogP contribution < -0.4 is 25.2 Å². The van der Waals surface area contributed by atoms with E-state index in [0.29, 0.717) is 38.3 Å². The summed E-state index contributed by atoms with van der Waals surface area (Å²) in [7, 11) is 0. The first-order valence-electron chi connectivity index (χ1n) is 19.4. The molecule has 280 valence electrons. The van der Waals surface area contributed by atoms with Gasteiger partial charge in [-0.2, -0.15) is 0 Å². The highest BCUT2D eigenvalue weighted by molar-refractivity contribution is 5.99. The van der Waals surface area contributed by atoms with Crippen molar-refractivity contribution in [2.75, 3.05) is 62.2 Å². The Bertz CT molecular complexity index is 1980. The van der Waals surface area contributed by atoms with Crippen LogP contribution in [0.3, 0.4) is 0 Å². The van der Waals surface area contributed by atoms with Crippen molar-refractivity contribution >= 4 is 29.1 Å². The van der Waals surface area contributed by atoms with Crippen LogP contribution in [0.4, 0.5) is 15.8 Å². The minimum atomic E-state index is -0.138. The van der Waals surface area contributed by atoms with Crippen LogP contribution >= 0.6 is 0 Å². The SMILES string of the molecule is O=C1CCCC(=O)N1.O=C1NCc2cc(N3CCN(CC4CCN(c5ccc([C@@H]6c7ccccc7OC[C@@H]6c6ccccc6)cc5F)CC4)CC3)ccc21. The van der Waals surface area contributed by atoms with Gasteiger partial charge in [-0.15, -0.1) is 0 Å². The van der Waals surface area contributed by atoms with Crippen molar-refractivity contribution in [2.24, 2.45) is 5.92 Å². The Morgan fingerprint density at radius 2 is 1.48 bits per heavy atom. The van der Waals surface area contributed by atoms with E-state index in [-0.39, 0.29) is 35.4 Å². The monoisotopic (exact) mass is 729 g/mol. The highest BCUT2D eigenvalue weighted by Gasteiger charge is 2.34. The number of para-hydroxylation sites is 1. The van der Waals surface area contributed by atoms with Crippen molar-refractivity contribution in [1.29, 1.82) is 0 Å². The van der Waals surface area contributed by atoms with E-state index in [9.17, 15) is 14.4 Å². The molecule has 3 saturated heterocycles. The van der Waals surface area contributed by atoms with Gasteiger partial charge < -0.3 is 19.9 Å². The lowest BCUT2D eigenvalue weighted by molar-refractivity contribution is -0.132. The van der Waals surface area contributed by atoms with Gasteiger partial charge in [0.15, 0.2) is 0 Å². The molecule has 5 aliphatic heterocycles. The largest absolute Gasteiger partial charge is 0.493 e. The second-order valence-electron chi connectivity index (χ2n) is 15.1. The van der Waals surface area contributed by atoms with Gasteiger partial charge in [0.2, 0.25) is 11.8 Å². The molecule has 54 heavy (non-hydrogen) atoms. The first-order valence-corrected chi connectivity index (χ1v) is 19.4. The molecule has 3 amide bonds. The van der Waals surface area contributed by atoms with Crippen LogP contribution in [-0.2, 0) is 16.1 Å². The standard InChI is InChI=1S/C39H41FN4O2.C5H7NO2/c40-35-23-29(38-33-8-4-5-9-37(33)46-26-34(38)28-6-2-1-3-7-28)10-13-36(35)44-16-14-27(15-17-44)25-42-18-20-43(21-19-42)31-11-12-32-30(22-31)24-41-39(32)45;7-4-2-1-3-5(8)6-4/h1-13,22-23,27,34,38H,14-21,24-26H2,(H,41,45);1-3H2,(H,6,7,8)/t34-,38-;/m1./s1. The van der Waals surface area contributed by atoms with E-state index in [2.05, 4.69) is 73.9 Å². The van der Waals surface area contributed by atoms with Gasteiger partial charge in [0.05, 0.1) is 12.3 Å². The van der Waals surface area contributed by atoms with Crippen molar-refractivity contribution in [1.82, 2.24) is 15.5 Å². The third-order valence-electron chi connectivity index (χ3n) is 11.7. The van der Waals surface area contributed by atoms with E-state index in [1.165, 1.54) is 11.3 Å². The summed E-state index contributed by atoms with van der Waals surface area (Å²) < 4.78 is 22.1. The number of rotatable bonds is 6.